The molecule has 1 N–H and O–H groups in total. The van der Waals surface area contributed by atoms with Crippen molar-refractivity contribution in [1.82, 2.24) is 5.32 Å². The Hall–Kier alpha value is -0.220. The van der Waals surface area contributed by atoms with Crippen LogP contribution in [0, 0.1) is 0 Å². The Morgan fingerprint density at radius 3 is 2.33 bits per heavy atom. The van der Waals surface area contributed by atoms with Crippen LogP contribution in [-0.2, 0) is 4.74 Å². The summed E-state index contributed by atoms with van der Waals surface area (Å²) in [4.78, 5) is 0. The SMILES string of the molecule is CC(CCCNC(C)(C)C)OCC(F)F. The second-order valence-corrected chi connectivity index (χ2v) is 4.85. The van der Waals surface area contributed by atoms with Crippen molar-refractivity contribution in [2.75, 3.05) is 13.2 Å². The highest BCUT2D eigenvalue weighted by molar-refractivity contribution is 4.69. The molecule has 2 nitrogen and oxygen atoms in total. The smallest absolute Gasteiger partial charge is 0.261 e. The van der Waals surface area contributed by atoms with Gasteiger partial charge in [0.2, 0.25) is 0 Å². The Balaban J connectivity index is 3.35. The molecule has 0 amide bonds. The van der Waals surface area contributed by atoms with E-state index in [0.29, 0.717) is 0 Å². The second-order valence-electron chi connectivity index (χ2n) is 4.85. The Bertz CT molecular complexity index is 157. The van der Waals surface area contributed by atoms with Crippen LogP contribution in [-0.4, -0.2) is 31.2 Å². The molecular weight excluding hydrogens is 200 g/mol. The largest absolute Gasteiger partial charge is 0.373 e. The topological polar surface area (TPSA) is 21.3 Å². The first-order chi connectivity index (χ1) is 6.81. The van der Waals surface area contributed by atoms with Gasteiger partial charge in [-0.2, -0.15) is 0 Å². The van der Waals surface area contributed by atoms with E-state index in [2.05, 4.69) is 26.1 Å². The lowest BCUT2D eigenvalue weighted by Crippen LogP contribution is -2.36. The monoisotopic (exact) mass is 223 g/mol. The summed E-state index contributed by atoms with van der Waals surface area (Å²) in [5, 5.41) is 3.34. The molecule has 0 aromatic carbocycles. The van der Waals surface area contributed by atoms with Gasteiger partial charge in [0, 0.05) is 5.54 Å². The van der Waals surface area contributed by atoms with Crippen molar-refractivity contribution in [2.45, 2.75) is 58.6 Å². The van der Waals surface area contributed by atoms with Crippen LogP contribution in [0.25, 0.3) is 0 Å². The van der Waals surface area contributed by atoms with Crippen molar-refractivity contribution in [3.8, 4) is 0 Å². The molecular formula is C11H23F2NO. The van der Waals surface area contributed by atoms with Crippen LogP contribution in [0.5, 0.6) is 0 Å². The van der Waals surface area contributed by atoms with Crippen LogP contribution in [0.1, 0.15) is 40.5 Å². The molecule has 0 radical (unpaired) electrons. The van der Waals surface area contributed by atoms with Gasteiger partial charge in [-0.15, -0.1) is 0 Å². The maximum absolute atomic E-state index is 11.8. The minimum atomic E-state index is -2.36. The number of halogens is 2. The first-order valence-electron chi connectivity index (χ1n) is 5.46. The van der Waals surface area contributed by atoms with Gasteiger partial charge in [-0.1, -0.05) is 0 Å². The molecule has 0 spiro atoms. The van der Waals surface area contributed by atoms with Crippen molar-refractivity contribution >= 4 is 0 Å². The molecule has 1 unspecified atom stereocenters. The van der Waals surface area contributed by atoms with E-state index in [1.54, 1.807) is 0 Å². The number of ether oxygens (including phenoxy) is 1. The Kier molecular flexibility index (Phi) is 7.02. The standard InChI is InChI=1S/C11H23F2NO/c1-9(15-8-10(12)13)6-5-7-14-11(2,3)4/h9-10,14H,5-8H2,1-4H3. The van der Waals surface area contributed by atoms with E-state index in [1.165, 1.54) is 0 Å². The van der Waals surface area contributed by atoms with E-state index in [9.17, 15) is 8.78 Å². The van der Waals surface area contributed by atoms with Gasteiger partial charge in [0.1, 0.15) is 6.61 Å². The summed E-state index contributed by atoms with van der Waals surface area (Å²) in [7, 11) is 0. The average Bonchev–Trinajstić information content (AvgIpc) is 2.07. The zero-order valence-electron chi connectivity index (χ0n) is 10.1. The van der Waals surface area contributed by atoms with Gasteiger partial charge in [0.25, 0.3) is 6.43 Å². The molecule has 4 heteroatoms. The highest BCUT2D eigenvalue weighted by atomic mass is 19.3. The van der Waals surface area contributed by atoms with Crippen molar-refractivity contribution in [2.24, 2.45) is 0 Å². The number of hydrogen-bond acceptors (Lipinski definition) is 2. The Morgan fingerprint density at radius 1 is 1.27 bits per heavy atom. The van der Waals surface area contributed by atoms with E-state index in [0.717, 1.165) is 19.4 Å². The van der Waals surface area contributed by atoms with E-state index < -0.39 is 13.0 Å². The first-order valence-corrected chi connectivity index (χ1v) is 5.46. The minimum Gasteiger partial charge on any atom is -0.373 e. The van der Waals surface area contributed by atoms with E-state index >= 15 is 0 Å². The summed E-state index contributed by atoms with van der Waals surface area (Å²) >= 11 is 0. The van der Waals surface area contributed by atoms with Gasteiger partial charge < -0.3 is 10.1 Å². The second kappa shape index (κ2) is 7.12. The fourth-order valence-electron chi connectivity index (χ4n) is 1.17. The normalized spacial score (nSPS) is 14.6. The number of nitrogens with one attached hydrogen (secondary N) is 1. The van der Waals surface area contributed by atoms with Crippen LogP contribution in [0.2, 0.25) is 0 Å². The highest BCUT2D eigenvalue weighted by Crippen LogP contribution is 2.05. The summed E-state index contributed by atoms with van der Waals surface area (Å²) in [6, 6.07) is 0. The van der Waals surface area contributed by atoms with E-state index in [-0.39, 0.29) is 11.6 Å². The van der Waals surface area contributed by atoms with Gasteiger partial charge in [-0.25, -0.2) is 8.78 Å². The molecule has 0 fully saturated rings. The van der Waals surface area contributed by atoms with Crippen LogP contribution in [0.15, 0.2) is 0 Å². The first kappa shape index (κ1) is 14.8. The van der Waals surface area contributed by atoms with Gasteiger partial charge in [0.05, 0.1) is 6.10 Å². The molecule has 0 bridgehead atoms. The van der Waals surface area contributed by atoms with Crippen LogP contribution in [0.3, 0.4) is 0 Å². The molecule has 0 aliphatic carbocycles. The van der Waals surface area contributed by atoms with Crippen molar-refractivity contribution in [3.05, 3.63) is 0 Å². The van der Waals surface area contributed by atoms with Crippen molar-refractivity contribution in [1.29, 1.82) is 0 Å². The minimum absolute atomic E-state index is 0.0826. The number of rotatable bonds is 7. The molecule has 0 saturated heterocycles. The lowest BCUT2D eigenvalue weighted by atomic mass is 10.1. The molecule has 0 aromatic heterocycles. The zero-order valence-corrected chi connectivity index (χ0v) is 10.1. The summed E-state index contributed by atoms with van der Waals surface area (Å²) < 4.78 is 28.6. The number of hydrogen-bond donors (Lipinski definition) is 1. The predicted octanol–water partition coefficient (Wildman–Crippen LogP) is 2.82. The molecule has 92 valence electrons. The molecule has 0 rings (SSSR count). The fourth-order valence-corrected chi connectivity index (χ4v) is 1.17. The maximum atomic E-state index is 11.8. The fraction of sp³-hybridized carbons (Fsp3) is 1.00. The lowest BCUT2D eigenvalue weighted by molar-refractivity contribution is -0.0203. The molecule has 15 heavy (non-hydrogen) atoms. The summed E-state index contributed by atoms with van der Waals surface area (Å²) in [5.74, 6) is 0. The van der Waals surface area contributed by atoms with Crippen molar-refractivity contribution in [3.63, 3.8) is 0 Å². The Labute approximate surface area is 91.4 Å². The number of alkyl halides is 2. The predicted molar refractivity (Wildman–Crippen MR) is 58.4 cm³/mol. The molecule has 1 atom stereocenters. The lowest BCUT2D eigenvalue weighted by Gasteiger charge is -2.21. The summed E-state index contributed by atoms with van der Waals surface area (Å²) in [5.41, 5.74) is 0.118. The molecule has 0 aromatic rings. The molecule has 0 saturated carbocycles. The third-order valence-electron chi connectivity index (χ3n) is 1.95. The average molecular weight is 223 g/mol. The summed E-state index contributed by atoms with van der Waals surface area (Å²) in [6.45, 7) is 8.58. The Morgan fingerprint density at radius 2 is 1.87 bits per heavy atom. The van der Waals surface area contributed by atoms with Gasteiger partial charge in [-0.3, -0.25) is 0 Å². The third kappa shape index (κ3) is 11.7. The molecule has 0 heterocycles. The van der Waals surface area contributed by atoms with Gasteiger partial charge in [-0.05, 0) is 47.1 Å². The quantitative estimate of drug-likeness (QED) is 0.670. The third-order valence-corrected chi connectivity index (χ3v) is 1.95. The van der Waals surface area contributed by atoms with Gasteiger partial charge in [0.15, 0.2) is 0 Å². The van der Waals surface area contributed by atoms with Crippen LogP contribution in [0.4, 0.5) is 8.78 Å². The maximum Gasteiger partial charge on any atom is 0.261 e. The molecule has 0 aliphatic rings. The van der Waals surface area contributed by atoms with Gasteiger partial charge >= 0.3 is 0 Å². The van der Waals surface area contributed by atoms with E-state index in [1.807, 2.05) is 6.92 Å². The molecule has 0 aliphatic heterocycles. The zero-order chi connectivity index (χ0) is 11.9. The summed E-state index contributed by atoms with van der Waals surface area (Å²) in [6.07, 6.45) is -0.682. The van der Waals surface area contributed by atoms with Crippen molar-refractivity contribution < 1.29 is 13.5 Å². The van der Waals surface area contributed by atoms with E-state index in [4.69, 9.17) is 4.74 Å². The highest BCUT2D eigenvalue weighted by Gasteiger charge is 2.10. The van der Waals surface area contributed by atoms with Crippen LogP contribution >= 0.6 is 0 Å². The van der Waals surface area contributed by atoms with Crippen LogP contribution < -0.4 is 5.32 Å².